The molecule has 4 rings (SSSR count). The summed E-state index contributed by atoms with van der Waals surface area (Å²) in [5, 5.41) is 30.3. The number of alkyl halides is 2. The van der Waals surface area contributed by atoms with E-state index in [2.05, 4.69) is 15.5 Å². The molecule has 1 aromatic carbocycles. The van der Waals surface area contributed by atoms with Gasteiger partial charge in [0.1, 0.15) is 0 Å². The van der Waals surface area contributed by atoms with Gasteiger partial charge in [-0.05, 0) is 36.2 Å². The highest BCUT2D eigenvalue weighted by Gasteiger charge is 2.30. The number of pyridine rings is 1. The van der Waals surface area contributed by atoms with E-state index in [0.717, 1.165) is 4.40 Å². The van der Waals surface area contributed by atoms with Gasteiger partial charge >= 0.3 is 11.9 Å². The summed E-state index contributed by atoms with van der Waals surface area (Å²) in [4.78, 5) is 23.8. The lowest BCUT2D eigenvalue weighted by Crippen LogP contribution is -2.20. The number of rotatable bonds is 7. The molecule has 1 unspecified atom stereocenters. The van der Waals surface area contributed by atoms with Gasteiger partial charge in [0.2, 0.25) is 5.82 Å². The molecule has 0 aliphatic heterocycles. The van der Waals surface area contributed by atoms with Crippen molar-refractivity contribution in [3.8, 4) is 0 Å². The number of carboxylic acids is 2. The maximum absolute atomic E-state index is 13.4. The van der Waals surface area contributed by atoms with Crippen molar-refractivity contribution in [2.75, 3.05) is 5.32 Å². The Hall–Kier alpha value is -3.99. The molecule has 0 aliphatic rings. The Morgan fingerprint density at radius 3 is 2.35 bits per heavy atom. The molecule has 0 amide bonds. The van der Waals surface area contributed by atoms with E-state index in [1.807, 2.05) is 0 Å². The third-order valence-electron chi connectivity index (χ3n) is 5.37. The van der Waals surface area contributed by atoms with E-state index < -0.39 is 35.8 Å². The summed E-state index contributed by atoms with van der Waals surface area (Å²) in [5.41, 5.74) is 1.12. The standard InChI is InChI=1S/C22H18ClF2N5O4/c1-10-7-13(8-30-19(10)27-28-20(30)18(24)25)26-16(11-3-5-12(23)6-4-11)17-15(22(33)34)14(21(31)32)9-29(17)2/h3-9,16,18,26H,1-2H3,(H,31,32)(H,33,34). The molecule has 3 aromatic heterocycles. The molecule has 0 saturated heterocycles. The number of anilines is 1. The van der Waals surface area contributed by atoms with Crippen molar-refractivity contribution in [3.63, 3.8) is 0 Å². The van der Waals surface area contributed by atoms with E-state index in [1.54, 1.807) is 37.3 Å². The van der Waals surface area contributed by atoms with Crippen LogP contribution in [0.1, 0.15) is 55.8 Å². The van der Waals surface area contributed by atoms with Crippen LogP contribution in [0.15, 0.2) is 42.7 Å². The molecule has 0 radical (unpaired) electrons. The summed E-state index contributed by atoms with van der Waals surface area (Å²) in [6.07, 6.45) is -0.260. The van der Waals surface area contributed by atoms with Crippen LogP contribution in [0.3, 0.4) is 0 Å². The van der Waals surface area contributed by atoms with Gasteiger partial charge in [0.25, 0.3) is 6.43 Å². The van der Waals surface area contributed by atoms with Gasteiger partial charge in [-0.25, -0.2) is 18.4 Å². The second kappa shape index (κ2) is 8.75. The summed E-state index contributed by atoms with van der Waals surface area (Å²) in [6, 6.07) is 7.32. The number of fused-ring (bicyclic) bond motifs is 1. The average Bonchev–Trinajstić information content (AvgIpc) is 3.34. The molecule has 3 N–H and O–H groups in total. The van der Waals surface area contributed by atoms with Crippen LogP contribution in [0, 0.1) is 6.92 Å². The van der Waals surface area contributed by atoms with Crippen LogP contribution in [0.25, 0.3) is 5.65 Å². The monoisotopic (exact) mass is 489 g/mol. The molecule has 9 nitrogen and oxygen atoms in total. The van der Waals surface area contributed by atoms with E-state index in [-0.39, 0.29) is 16.9 Å². The van der Waals surface area contributed by atoms with Crippen LogP contribution in [0.2, 0.25) is 5.02 Å². The lowest BCUT2D eigenvalue weighted by molar-refractivity contribution is 0.0652. The number of carboxylic acid groups (broad SMARTS) is 2. The normalized spacial score (nSPS) is 12.3. The number of benzene rings is 1. The molecule has 12 heteroatoms. The van der Waals surface area contributed by atoms with E-state index in [9.17, 15) is 28.6 Å². The molecule has 176 valence electrons. The summed E-state index contributed by atoms with van der Waals surface area (Å²) < 4.78 is 29.4. The van der Waals surface area contributed by atoms with Crippen LogP contribution in [-0.2, 0) is 7.05 Å². The Balaban J connectivity index is 1.92. The van der Waals surface area contributed by atoms with Crippen molar-refractivity contribution in [2.24, 2.45) is 7.05 Å². The second-order valence-corrected chi connectivity index (χ2v) is 8.05. The molecule has 0 aliphatic carbocycles. The number of carbonyl (C=O) groups is 2. The lowest BCUT2D eigenvalue weighted by Gasteiger charge is -2.23. The van der Waals surface area contributed by atoms with Crippen LogP contribution in [0.5, 0.6) is 0 Å². The Morgan fingerprint density at radius 1 is 1.09 bits per heavy atom. The van der Waals surface area contributed by atoms with Crippen molar-refractivity contribution in [2.45, 2.75) is 19.4 Å². The quantitative estimate of drug-likeness (QED) is 0.347. The molecule has 34 heavy (non-hydrogen) atoms. The smallest absolute Gasteiger partial charge is 0.338 e. The van der Waals surface area contributed by atoms with Gasteiger partial charge in [-0.2, -0.15) is 0 Å². The number of nitrogens with zero attached hydrogens (tertiary/aromatic N) is 4. The van der Waals surface area contributed by atoms with Gasteiger partial charge in [-0.3, -0.25) is 4.40 Å². The Kier molecular flexibility index (Phi) is 5.96. The predicted molar refractivity (Wildman–Crippen MR) is 119 cm³/mol. The maximum atomic E-state index is 13.4. The maximum Gasteiger partial charge on any atom is 0.338 e. The SMILES string of the molecule is Cc1cc(NC(c2ccc(Cl)cc2)c2c(C(=O)O)c(C(=O)O)cn2C)cn2c(C(F)F)nnc12. The minimum atomic E-state index is -2.86. The van der Waals surface area contributed by atoms with E-state index in [1.165, 1.54) is 24.0 Å². The molecule has 0 saturated carbocycles. The molecular weight excluding hydrogens is 472 g/mol. The zero-order chi connectivity index (χ0) is 24.7. The Labute approximate surface area is 196 Å². The number of aryl methyl sites for hydroxylation is 2. The number of aromatic nitrogens is 4. The lowest BCUT2D eigenvalue weighted by atomic mass is 9.98. The van der Waals surface area contributed by atoms with E-state index in [4.69, 9.17) is 11.6 Å². The third kappa shape index (κ3) is 4.05. The number of nitrogens with one attached hydrogen (secondary N) is 1. The fourth-order valence-corrected chi connectivity index (χ4v) is 4.04. The largest absolute Gasteiger partial charge is 0.478 e. The fourth-order valence-electron chi connectivity index (χ4n) is 3.91. The minimum Gasteiger partial charge on any atom is -0.478 e. The van der Waals surface area contributed by atoms with Gasteiger partial charge in [0.15, 0.2) is 5.65 Å². The molecule has 1 atom stereocenters. The van der Waals surface area contributed by atoms with Gasteiger partial charge in [0, 0.05) is 24.5 Å². The molecule has 0 bridgehead atoms. The van der Waals surface area contributed by atoms with Crippen molar-refractivity contribution in [1.82, 2.24) is 19.2 Å². The van der Waals surface area contributed by atoms with E-state index >= 15 is 0 Å². The predicted octanol–water partition coefficient (Wildman–Crippen LogP) is 4.57. The van der Waals surface area contributed by atoms with Gasteiger partial charge in [-0.1, -0.05) is 23.7 Å². The summed E-state index contributed by atoms with van der Waals surface area (Å²) in [6.45, 7) is 1.68. The van der Waals surface area contributed by atoms with Gasteiger partial charge in [-0.15, -0.1) is 10.2 Å². The summed E-state index contributed by atoms with van der Waals surface area (Å²) in [5.74, 6) is -3.35. The highest BCUT2D eigenvalue weighted by atomic mass is 35.5. The zero-order valence-electron chi connectivity index (χ0n) is 17.8. The van der Waals surface area contributed by atoms with E-state index in [0.29, 0.717) is 21.8 Å². The highest BCUT2D eigenvalue weighted by molar-refractivity contribution is 6.30. The van der Waals surface area contributed by atoms with Crippen LogP contribution in [0.4, 0.5) is 14.5 Å². The first kappa shape index (κ1) is 23.2. The molecule has 0 fully saturated rings. The molecular formula is C22H18ClF2N5O4. The minimum absolute atomic E-state index is 0.155. The second-order valence-electron chi connectivity index (χ2n) is 7.62. The van der Waals surface area contributed by atoms with Crippen LogP contribution < -0.4 is 5.32 Å². The van der Waals surface area contributed by atoms with Crippen molar-refractivity contribution < 1.29 is 28.6 Å². The van der Waals surface area contributed by atoms with Crippen molar-refractivity contribution >= 4 is 34.9 Å². The number of hydrogen-bond donors (Lipinski definition) is 3. The number of aromatic carboxylic acids is 2. The number of hydrogen-bond acceptors (Lipinski definition) is 5. The highest BCUT2D eigenvalue weighted by Crippen LogP contribution is 2.33. The molecule has 4 aromatic rings. The van der Waals surface area contributed by atoms with Crippen LogP contribution >= 0.6 is 11.6 Å². The topological polar surface area (TPSA) is 122 Å². The van der Waals surface area contributed by atoms with Crippen molar-refractivity contribution in [3.05, 3.63) is 81.5 Å². The Morgan fingerprint density at radius 2 is 1.76 bits per heavy atom. The Bertz CT molecular complexity index is 1420. The third-order valence-corrected chi connectivity index (χ3v) is 5.62. The zero-order valence-corrected chi connectivity index (χ0v) is 18.6. The fraction of sp³-hybridized carbons (Fsp3) is 0.182. The number of halogens is 3. The molecule has 3 heterocycles. The average molecular weight is 490 g/mol. The van der Waals surface area contributed by atoms with Crippen LogP contribution in [-0.4, -0.2) is 41.3 Å². The van der Waals surface area contributed by atoms with Crippen molar-refractivity contribution in [1.29, 1.82) is 0 Å². The first-order valence-electron chi connectivity index (χ1n) is 9.89. The van der Waals surface area contributed by atoms with Gasteiger partial charge in [0.05, 0.1) is 28.6 Å². The van der Waals surface area contributed by atoms with Gasteiger partial charge < -0.3 is 20.1 Å². The summed E-state index contributed by atoms with van der Waals surface area (Å²) >= 11 is 6.02. The summed E-state index contributed by atoms with van der Waals surface area (Å²) in [7, 11) is 1.53. The first-order valence-corrected chi connectivity index (χ1v) is 10.3. The first-order chi connectivity index (χ1) is 16.1. The molecule has 0 spiro atoms.